The predicted octanol–water partition coefficient (Wildman–Crippen LogP) is 7.77. The molecule has 1 fully saturated rings. The normalized spacial score (nSPS) is 15.2. The van der Waals surface area contributed by atoms with Crippen LogP contribution in [0.2, 0.25) is 5.02 Å². The van der Waals surface area contributed by atoms with Crippen LogP contribution < -0.4 is 4.90 Å². The summed E-state index contributed by atoms with van der Waals surface area (Å²) in [5.74, 6) is 1.17. The summed E-state index contributed by atoms with van der Waals surface area (Å²) in [6.45, 7) is 5.80. The average Bonchev–Trinajstić information content (AvgIpc) is 3.57. The highest BCUT2D eigenvalue weighted by Gasteiger charge is 2.31. The minimum Gasteiger partial charge on any atom is -0.359 e. The van der Waals surface area contributed by atoms with Crippen molar-refractivity contribution >= 4 is 28.3 Å². The first-order chi connectivity index (χ1) is 19.1. The van der Waals surface area contributed by atoms with E-state index in [0.717, 1.165) is 65.2 Å². The third-order valence-electron chi connectivity index (χ3n) is 8.33. The van der Waals surface area contributed by atoms with E-state index in [1.807, 2.05) is 18.3 Å². The first-order valence-electron chi connectivity index (χ1n) is 14.0. The molecule has 0 saturated heterocycles. The number of aromatic amines is 1. The highest BCUT2D eigenvalue weighted by atomic mass is 35.5. The maximum Gasteiger partial charge on any atom is 0.147 e. The van der Waals surface area contributed by atoms with Crippen LogP contribution in [0.4, 0.5) is 10.2 Å². The van der Waals surface area contributed by atoms with E-state index in [2.05, 4.69) is 52.7 Å². The van der Waals surface area contributed by atoms with Crippen molar-refractivity contribution in [3.05, 3.63) is 93.6 Å². The number of fused-ring (bicyclic) bond motifs is 2. The Bertz CT molecular complexity index is 1690. The van der Waals surface area contributed by atoms with E-state index in [0.29, 0.717) is 23.0 Å². The maximum atomic E-state index is 14.8. The summed E-state index contributed by atoms with van der Waals surface area (Å²) in [6.07, 6.45) is 8.82. The van der Waals surface area contributed by atoms with E-state index in [-0.39, 0.29) is 5.82 Å². The Kier molecular flexibility index (Phi) is 5.96. The quantitative estimate of drug-likeness (QED) is 0.240. The molecule has 4 heterocycles. The lowest BCUT2D eigenvalue weighted by Crippen LogP contribution is -2.31. The number of hydrogen-bond acceptors (Lipinski definition) is 3. The molecule has 3 aromatic heterocycles. The molecule has 2 aromatic carbocycles. The van der Waals surface area contributed by atoms with Gasteiger partial charge in [0.2, 0.25) is 0 Å². The van der Waals surface area contributed by atoms with Crippen molar-refractivity contribution < 1.29 is 4.39 Å². The van der Waals surface area contributed by atoms with E-state index in [1.165, 1.54) is 29.5 Å². The summed E-state index contributed by atoms with van der Waals surface area (Å²) in [5.41, 5.74) is 9.60. The summed E-state index contributed by atoms with van der Waals surface area (Å²) in [7, 11) is 0. The van der Waals surface area contributed by atoms with Crippen LogP contribution >= 0.6 is 11.6 Å². The fraction of sp³-hybridized carbons (Fsp3) is 0.312. The summed E-state index contributed by atoms with van der Waals surface area (Å²) in [6, 6.07) is 14.0. The number of aryl methyl sites for hydroxylation is 2. The lowest BCUT2D eigenvalue weighted by atomic mass is 9.97. The van der Waals surface area contributed by atoms with Gasteiger partial charge in [0.25, 0.3) is 0 Å². The van der Waals surface area contributed by atoms with Crippen LogP contribution in [0.1, 0.15) is 60.6 Å². The van der Waals surface area contributed by atoms with Crippen LogP contribution in [0.3, 0.4) is 0 Å². The second-order valence-electron chi connectivity index (χ2n) is 10.7. The van der Waals surface area contributed by atoms with Crippen LogP contribution in [-0.2, 0) is 25.8 Å². The van der Waals surface area contributed by atoms with Gasteiger partial charge in [-0.05, 0) is 72.6 Å². The number of anilines is 1. The second-order valence-corrected chi connectivity index (χ2v) is 11.1. The molecular formula is C32H31ClFN5. The molecule has 7 heteroatoms. The van der Waals surface area contributed by atoms with E-state index < -0.39 is 0 Å². The first kappa shape index (κ1) is 24.4. The zero-order chi connectivity index (χ0) is 26.7. The largest absolute Gasteiger partial charge is 0.359 e. The number of benzene rings is 2. The van der Waals surface area contributed by atoms with Gasteiger partial charge in [-0.3, -0.25) is 0 Å². The van der Waals surface area contributed by atoms with Crippen molar-refractivity contribution in [1.82, 2.24) is 19.7 Å². The van der Waals surface area contributed by atoms with E-state index >= 15 is 0 Å². The molecule has 0 atom stereocenters. The average molecular weight is 540 g/mol. The summed E-state index contributed by atoms with van der Waals surface area (Å²) >= 11 is 6.81. The first-order valence-corrected chi connectivity index (χ1v) is 14.3. The number of para-hydroxylation sites is 1. The van der Waals surface area contributed by atoms with Gasteiger partial charge < -0.3 is 9.88 Å². The van der Waals surface area contributed by atoms with Crippen LogP contribution in [0.5, 0.6) is 0 Å². The van der Waals surface area contributed by atoms with Gasteiger partial charge in [-0.25, -0.2) is 14.1 Å². The zero-order valence-corrected chi connectivity index (χ0v) is 23.0. The molecule has 0 radical (unpaired) electrons. The van der Waals surface area contributed by atoms with Gasteiger partial charge in [0.15, 0.2) is 0 Å². The lowest BCUT2D eigenvalue weighted by Gasteiger charge is -2.29. The molecule has 1 N–H and O–H groups in total. The number of hydrogen-bond donors (Lipinski definition) is 1. The molecule has 198 valence electrons. The fourth-order valence-corrected chi connectivity index (χ4v) is 6.42. The lowest BCUT2D eigenvalue weighted by molar-refractivity contribution is 0.637. The van der Waals surface area contributed by atoms with Gasteiger partial charge in [0, 0.05) is 48.4 Å². The van der Waals surface area contributed by atoms with Crippen molar-refractivity contribution in [1.29, 1.82) is 0 Å². The summed E-state index contributed by atoms with van der Waals surface area (Å²) in [5, 5.41) is 6.82. The molecule has 1 saturated carbocycles. The van der Waals surface area contributed by atoms with E-state index in [1.54, 1.807) is 12.3 Å². The van der Waals surface area contributed by atoms with Gasteiger partial charge in [-0.15, -0.1) is 0 Å². The van der Waals surface area contributed by atoms with Crippen molar-refractivity contribution in [3.8, 4) is 16.9 Å². The highest BCUT2D eigenvalue weighted by Crippen LogP contribution is 2.43. The van der Waals surface area contributed by atoms with Crippen molar-refractivity contribution in [2.75, 3.05) is 11.4 Å². The Morgan fingerprint density at radius 3 is 2.59 bits per heavy atom. The number of nitrogens with one attached hydrogen (secondary N) is 1. The Balaban J connectivity index is 1.43. The van der Waals surface area contributed by atoms with Gasteiger partial charge in [0.05, 0.1) is 27.6 Å². The Morgan fingerprint density at radius 1 is 1.08 bits per heavy atom. The van der Waals surface area contributed by atoms with Crippen molar-refractivity contribution in [2.45, 2.75) is 58.4 Å². The predicted molar refractivity (Wildman–Crippen MR) is 156 cm³/mol. The second kappa shape index (κ2) is 9.53. The Hall–Kier alpha value is -3.64. The van der Waals surface area contributed by atoms with E-state index in [9.17, 15) is 4.39 Å². The SMILES string of the molecule is CCc1cccc(CC)c1-n1nc2c(c1-c1ccc(F)c3[nH]ccc13)CN(c1ncc(C3CC3)cc1Cl)CC2. The number of nitrogens with zero attached hydrogens (tertiary/aromatic N) is 4. The fourth-order valence-electron chi connectivity index (χ4n) is 6.13. The molecule has 5 aromatic rings. The number of aromatic nitrogens is 4. The maximum absolute atomic E-state index is 14.8. The molecule has 1 aliphatic carbocycles. The number of halogens is 2. The number of pyridine rings is 1. The molecule has 0 spiro atoms. The minimum atomic E-state index is -0.254. The topological polar surface area (TPSA) is 49.7 Å². The van der Waals surface area contributed by atoms with Crippen molar-refractivity contribution in [2.24, 2.45) is 0 Å². The monoisotopic (exact) mass is 539 g/mol. The Morgan fingerprint density at radius 2 is 1.87 bits per heavy atom. The van der Waals surface area contributed by atoms with Gasteiger partial charge >= 0.3 is 0 Å². The molecule has 0 amide bonds. The standard InChI is InChI=1S/C32H31ClFN5/c1-3-19-6-5-7-20(4-2)30(19)39-31(24-10-11-27(34)29-23(24)12-14-35-29)25-18-38(15-13-28(25)37-39)32-26(33)16-22(17-36-32)21-8-9-21/h5-7,10-12,14,16-17,21,35H,3-4,8-9,13,15,18H2,1-2H3. The van der Waals surface area contributed by atoms with Crippen LogP contribution in [0, 0.1) is 5.82 Å². The molecule has 2 aliphatic rings. The molecule has 5 nitrogen and oxygen atoms in total. The van der Waals surface area contributed by atoms with E-state index in [4.69, 9.17) is 21.7 Å². The number of H-pyrrole nitrogens is 1. The molecular weight excluding hydrogens is 509 g/mol. The smallest absolute Gasteiger partial charge is 0.147 e. The summed E-state index contributed by atoms with van der Waals surface area (Å²) in [4.78, 5) is 10.2. The van der Waals surface area contributed by atoms with Gasteiger partial charge in [0.1, 0.15) is 11.6 Å². The van der Waals surface area contributed by atoms with Crippen LogP contribution in [0.15, 0.2) is 54.9 Å². The van der Waals surface area contributed by atoms with Gasteiger partial charge in [-0.2, -0.15) is 5.10 Å². The summed E-state index contributed by atoms with van der Waals surface area (Å²) < 4.78 is 16.9. The number of rotatable bonds is 6. The van der Waals surface area contributed by atoms with Crippen LogP contribution in [0.25, 0.3) is 27.8 Å². The van der Waals surface area contributed by atoms with Crippen LogP contribution in [-0.4, -0.2) is 26.3 Å². The molecule has 1 aliphatic heterocycles. The molecule has 39 heavy (non-hydrogen) atoms. The molecule has 7 rings (SSSR count). The zero-order valence-electron chi connectivity index (χ0n) is 22.3. The Labute approximate surface area is 232 Å². The van der Waals surface area contributed by atoms with Crippen molar-refractivity contribution in [3.63, 3.8) is 0 Å². The minimum absolute atomic E-state index is 0.254. The third-order valence-corrected chi connectivity index (χ3v) is 8.61. The molecule has 0 bridgehead atoms. The van der Waals surface area contributed by atoms with Gasteiger partial charge in [-0.1, -0.05) is 43.6 Å². The highest BCUT2D eigenvalue weighted by molar-refractivity contribution is 6.33. The molecule has 0 unspecified atom stereocenters. The third kappa shape index (κ3) is 4.04.